The highest BCUT2D eigenvalue weighted by Crippen LogP contribution is 2.38. The first kappa shape index (κ1) is 20.6. The molecule has 1 aliphatic carbocycles. The first-order valence-corrected chi connectivity index (χ1v) is 10.9. The molecule has 0 fully saturated rings. The molecule has 5 nitrogen and oxygen atoms in total. The summed E-state index contributed by atoms with van der Waals surface area (Å²) in [6, 6.07) is 15.9. The molecule has 0 atom stereocenters. The lowest BCUT2D eigenvalue weighted by Crippen LogP contribution is -2.53. The largest absolute Gasteiger partial charge is 0.344 e. The SMILES string of the molecule is CCC(CC)(CN)NC(=O)c1nn(-c2ccccc2)c2c1CCc1cc(Cl)ccc1-2. The van der Waals surface area contributed by atoms with Gasteiger partial charge in [-0.1, -0.05) is 49.7 Å². The van der Waals surface area contributed by atoms with Gasteiger partial charge in [-0.2, -0.15) is 5.10 Å². The highest BCUT2D eigenvalue weighted by molar-refractivity contribution is 6.30. The van der Waals surface area contributed by atoms with E-state index >= 15 is 0 Å². The van der Waals surface area contributed by atoms with Crippen molar-refractivity contribution in [2.24, 2.45) is 5.73 Å². The molecule has 0 saturated carbocycles. The average Bonchev–Trinajstić information content (AvgIpc) is 3.18. The topological polar surface area (TPSA) is 72.9 Å². The number of hydrogen-bond donors (Lipinski definition) is 2. The minimum Gasteiger partial charge on any atom is -0.344 e. The Labute approximate surface area is 182 Å². The first-order chi connectivity index (χ1) is 14.5. The van der Waals surface area contributed by atoms with Gasteiger partial charge in [0.05, 0.1) is 16.9 Å². The van der Waals surface area contributed by atoms with E-state index in [0.717, 1.165) is 53.2 Å². The summed E-state index contributed by atoms with van der Waals surface area (Å²) in [5, 5.41) is 8.71. The predicted molar refractivity (Wildman–Crippen MR) is 121 cm³/mol. The smallest absolute Gasteiger partial charge is 0.272 e. The van der Waals surface area contributed by atoms with Crippen molar-refractivity contribution >= 4 is 17.5 Å². The number of aryl methyl sites for hydroxylation is 1. The molecule has 4 rings (SSSR count). The summed E-state index contributed by atoms with van der Waals surface area (Å²) in [5.41, 5.74) is 11.2. The zero-order valence-electron chi connectivity index (χ0n) is 17.4. The fraction of sp³-hybridized carbons (Fsp3) is 0.333. The zero-order valence-corrected chi connectivity index (χ0v) is 18.2. The van der Waals surface area contributed by atoms with Crippen molar-refractivity contribution in [1.29, 1.82) is 0 Å². The number of para-hydroxylation sites is 1. The normalized spacial score (nSPS) is 12.9. The predicted octanol–water partition coefficient (Wildman–Crippen LogP) is 4.54. The highest BCUT2D eigenvalue weighted by Gasteiger charge is 2.33. The van der Waals surface area contributed by atoms with Crippen molar-refractivity contribution in [2.75, 3.05) is 6.54 Å². The van der Waals surface area contributed by atoms with Crippen molar-refractivity contribution in [3.63, 3.8) is 0 Å². The van der Waals surface area contributed by atoms with Crippen molar-refractivity contribution in [3.8, 4) is 16.9 Å². The Hall–Kier alpha value is -2.63. The fourth-order valence-corrected chi connectivity index (χ4v) is 4.42. The number of halogens is 1. The monoisotopic (exact) mass is 422 g/mol. The zero-order chi connectivity index (χ0) is 21.3. The Morgan fingerprint density at radius 2 is 1.90 bits per heavy atom. The Bertz CT molecular complexity index is 1060. The van der Waals surface area contributed by atoms with Gasteiger partial charge >= 0.3 is 0 Å². The van der Waals surface area contributed by atoms with E-state index in [-0.39, 0.29) is 5.91 Å². The Kier molecular flexibility index (Phi) is 5.67. The number of benzene rings is 2. The minimum absolute atomic E-state index is 0.160. The quantitative estimate of drug-likeness (QED) is 0.612. The molecule has 0 bridgehead atoms. The molecular weight excluding hydrogens is 396 g/mol. The number of aromatic nitrogens is 2. The lowest BCUT2D eigenvalue weighted by atomic mass is 9.88. The first-order valence-electron chi connectivity index (χ1n) is 10.5. The number of carbonyl (C=O) groups excluding carboxylic acids is 1. The lowest BCUT2D eigenvalue weighted by Gasteiger charge is -2.31. The molecule has 1 aromatic heterocycles. The van der Waals surface area contributed by atoms with Crippen LogP contribution in [0.4, 0.5) is 0 Å². The molecule has 1 aliphatic rings. The molecule has 156 valence electrons. The van der Waals surface area contributed by atoms with E-state index in [1.807, 2.05) is 53.2 Å². The van der Waals surface area contributed by atoms with Crippen LogP contribution >= 0.6 is 11.6 Å². The van der Waals surface area contributed by atoms with Crippen LogP contribution in [0.2, 0.25) is 5.02 Å². The number of nitrogens with two attached hydrogens (primary N) is 1. The number of rotatable bonds is 6. The molecule has 0 aliphatic heterocycles. The standard InChI is InChI=1S/C24H27ClN4O/c1-3-24(4-2,15-26)27-23(30)21-20-12-10-16-14-17(25)11-13-19(16)22(20)29(28-21)18-8-6-5-7-9-18/h5-9,11,13-14H,3-4,10,12,15,26H2,1-2H3,(H,27,30). The minimum atomic E-state index is -0.416. The summed E-state index contributed by atoms with van der Waals surface area (Å²) in [6.45, 7) is 4.50. The third-order valence-electron chi connectivity index (χ3n) is 6.29. The van der Waals surface area contributed by atoms with Crippen LogP contribution in [0.5, 0.6) is 0 Å². The molecule has 3 aromatic rings. The second kappa shape index (κ2) is 8.25. The van der Waals surface area contributed by atoms with E-state index in [2.05, 4.69) is 19.2 Å². The van der Waals surface area contributed by atoms with Crippen LogP contribution in [0.25, 0.3) is 16.9 Å². The number of hydrogen-bond acceptors (Lipinski definition) is 3. The van der Waals surface area contributed by atoms with E-state index in [1.54, 1.807) is 0 Å². The third-order valence-corrected chi connectivity index (χ3v) is 6.52. The number of carbonyl (C=O) groups is 1. The van der Waals surface area contributed by atoms with E-state index in [0.29, 0.717) is 12.2 Å². The van der Waals surface area contributed by atoms with Gasteiger partial charge in [0.15, 0.2) is 5.69 Å². The van der Waals surface area contributed by atoms with E-state index in [4.69, 9.17) is 22.4 Å². The second-order valence-electron chi connectivity index (χ2n) is 7.87. The van der Waals surface area contributed by atoms with Crippen LogP contribution in [-0.2, 0) is 12.8 Å². The number of nitrogens with zero attached hydrogens (tertiary/aromatic N) is 2. The van der Waals surface area contributed by atoms with E-state index in [9.17, 15) is 4.79 Å². The number of nitrogens with one attached hydrogen (secondary N) is 1. The lowest BCUT2D eigenvalue weighted by molar-refractivity contribution is 0.0888. The van der Waals surface area contributed by atoms with Gasteiger partial charge in [0.1, 0.15) is 0 Å². The van der Waals surface area contributed by atoms with E-state index in [1.165, 1.54) is 5.56 Å². The third kappa shape index (κ3) is 3.53. The summed E-state index contributed by atoms with van der Waals surface area (Å²) in [4.78, 5) is 13.4. The molecule has 1 amide bonds. The summed E-state index contributed by atoms with van der Waals surface area (Å²) in [6.07, 6.45) is 3.11. The summed E-state index contributed by atoms with van der Waals surface area (Å²) in [5.74, 6) is -0.160. The van der Waals surface area contributed by atoms with E-state index < -0.39 is 5.54 Å². The maximum atomic E-state index is 13.4. The molecule has 3 N–H and O–H groups in total. The van der Waals surface area contributed by atoms with Crippen molar-refractivity contribution in [3.05, 3.63) is 70.4 Å². The van der Waals surface area contributed by atoms with Gasteiger partial charge in [0.2, 0.25) is 0 Å². The Balaban J connectivity index is 1.87. The number of fused-ring (bicyclic) bond motifs is 3. The summed E-state index contributed by atoms with van der Waals surface area (Å²) in [7, 11) is 0. The van der Waals surface area contributed by atoms with Crippen LogP contribution < -0.4 is 11.1 Å². The van der Waals surface area contributed by atoms with Crippen molar-refractivity contribution in [1.82, 2.24) is 15.1 Å². The van der Waals surface area contributed by atoms with Crippen LogP contribution in [0.15, 0.2) is 48.5 Å². The Morgan fingerprint density at radius 3 is 2.57 bits per heavy atom. The summed E-state index contributed by atoms with van der Waals surface area (Å²) < 4.78 is 1.89. The van der Waals surface area contributed by atoms with Crippen LogP contribution in [-0.4, -0.2) is 27.8 Å². The van der Waals surface area contributed by atoms with Gasteiger partial charge in [-0.15, -0.1) is 0 Å². The van der Waals surface area contributed by atoms with Crippen LogP contribution in [0.3, 0.4) is 0 Å². The van der Waals surface area contributed by atoms with Gasteiger partial charge in [0.25, 0.3) is 5.91 Å². The van der Waals surface area contributed by atoms with Gasteiger partial charge in [0, 0.05) is 22.7 Å². The molecule has 6 heteroatoms. The van der Waals surface area contributed by atoms with Gasteiger partial charge in [-0.05, 0) is 55.5 Å². The van der Waals surface area contributed by atoms with Crippen molar-refractivity contribution < 1.29 is 4.79 Å². The molecule has 2 aromatic carbocycles. The van der Waals surface area contributed by atoms with Crippen LogP contribution in [0.1, 0.15) is 48.3 Å². The van der Waals surface area contributed by atoms with Crippen molar-refractivity contribution in [2.45, 2.75) is 45.1 Å². The molecule has 0 unspecified atom stereocenters. The molecule has 0 saturated heterocycles. The maximum Gasteiger partial charge on any atom is 0.272 e. The van der Waals surface area contributed by atoms with Gasteiger partial charge < -0.3 is 11.1 Å². The summed E-state index contributed by atoms with van der Waals surface area (Å²) >= 11 is 6.24. The highest BCUT2D eigenvalue weighted by atomic mass is 35.5. The molecule has 0 radical (unpaired) electrons. The second-order valence-corrected chi connectivity index (χ2v) is 8.31. The molecular formula is C24H27ClN4O. The molecule has 1 heterocycles. The fourth-order valence-electron chi connectivity index (χ4n) is 4.23. The van der Waals surface area contributed by atoms with Gasteiger partial charge in [-0.3, -0.25) is 4.79 Å². The van der Waals surface area contributed by atoms with Gasteiger partial charge in [-0.25, -0.2) is 4.68 Å². The molecule has 30 heavy (non-hydrogen) atoms. The maximum absolute atomic E-state index is 13.4. The average molecular weight is 423 g/mol. The van der Waals surface area contributed by atoms with Crippen LogP contribution in [0, 0.1) is 0 Å². The Morgan fingerprint density at radius 1 is 1.17 bits per heavy atom. The number of amides is 1. The molecule has 0 spiro atoms.